The molecule has 4 aromatic carbocycles. The smallest absolute Gasteiger partial charge is 0.456 e. The molecule has 0 radical (unpaired) electrons. The number of amides is 1. The van der Waals surface area contributed by atoms with Crippen LogP contribution in [0.4, 0.5) is 10.5 Å². The van der Waals surface area contributed by atoms with Gasteiger partial charge in [0.05, 0.1) is 34.0 Å². The van der Waals surface area contributed by atoms with E-state index in [2.05, 4.69) is 5.32 Å². The fourth-order valence-electron chi connectivity index (χ4n) is 11.1. The second kappa shape index (κ2) is 21.6. The third-order valence-corrected chi connectivity index (χ3v) is 14.9. The van der Waals surface area contributed by atoms with E-state index >= 15 is 9.59 Å². The first-order chi connectivity index (χ1) is 35.4. The molecule has 1 amide bonds. The number of aliphatic hydroxyl groups is 2. The van der Waals surface area contributed by atoms with Crippen LogP contribution in [-0.2, 0) is 47.6 Å². The second-order valence-electron chi connectivity index (χ2n) is 19.7. The van der Waals surface area contributed by atoms with Gasteiger partial charge in [0.2, 0.25) is 6.10 Å². The molecule has 0 heterocycles. The molecule has 0 aliphatic heterocycles. The number of carbonyl (C=O) groups excluding carboxylic acids is 7. The van der Waals surface area contributed by atoms with Crippen LogP contribution < -0.4 is 10.1 Å². The zero-order chi connectivity index (χ0) is 54.8. The molecule has 2 unspecified atom stereocenters. The van der Waals surface area contributed by atoms with Crippen LogP contribution in [-0.4, -0.2) is 112 Å². The lowest BCUT2D eigenvalue weighted by Gasteiger charge is -2.64. The summed E-state index contributed by atoms with van der Waals surface area (Å²) in [4.78, 5) is 111. The van der Waals surface area contributed by atoms with E-state index in [4.69, 9.17) is 33.2 Å². The van der Waals surface area contributed by atoms with Crippen molar-refractivity contribution in [2.24, 2.45) is 16.7 Å². The molecule has 20 nitrogen and oxygen atoms in total. The Morgan fingerprint density at radius 1 is 0.787 bits per heavy atom. The molecule has 75 heavy (non-hydrogen) atoms. The molecular weight excluding hydrogens is 977 g/mol. The van der Waals surface area contributed by atoms with Crippen LogP contribution in [0.3, 0.4) is 0 Å². The van der Waals surface area contributed by atoms with E-state index in [-0.39, 0.29) is 45.7 Å². The number of nitrogens with one attached hydrogen (secondary N) is 1. The topological polar surface area (TPSA) is 280 Å². The Bertz CT molecular complexity index is 2880. The van der Waals surface area contributed by atoms with Crippen LogP contribution in [0.1, 0.15) is 93.6 Å². The molecular formula is C55H58N2O18. The quantitative estimate of drug-likeness (QED) is 0.0303. The summed E-state index contributed by atoms with van der Waals surface area (Å²) in [6, 6.07) is 26.2. The summed E-state index contributed by atoms with van der Waals surface area (Å²) in [5, 5.41) is 40.4. The summed E-state index contributed by atoms with van der Waals surface area (Å²) in [6.45, 7) is 9.35. The van der Waals surface area contributed by atoms with Crippen molar-refractivity contribution < 1.29 is 81.9 Å². The monoisotopic (exact) mass is 1030 g/mol. The lowest BCUT2D eigenvalue weighted by atomic mass is 9.45. The maximum absolute atomic E-state index is 15.8. The Hall–Kier alpha value is -7.81. The number of non-ortho nitro benzene ring substituents is 1. The number of fused-ring (bicyclic) bond motifs is 3. The zero-order valence-corrected chi connectivity index (χ0v) is 42.4. The predicted molar refractivity (Wildman–Crippen MR) is 262 cm³/mol. The molecule has 0 saturated heterocycles. The van der Waals surface area contributed by atoms with Gasteiger partial charge < -0.3 is 48.7 Å². The first kappa shape index (κ1) is 55.0. The first-order valence-corrected chi connectivity index (χ1v) is 23.9. The highest BCUT2D eigenvalue weighted by Gasteiger charge is 2.75. The third-order valence-electron chi connectivity index (χ3n) is 14.9. The van der Waals surface area contributed by atoms with Crippen LogP contribution in [0, 0.1) is 26.9 Å². The summed E-state index contributed by atoms with van der Waals surface area (Å²) in [5.74, 6) is -7.87. The normalized spacial score (nSPS) is 27.6. The van der Waals surface area contributed by atoms with Crippen molar-refractivity contribution in [3.8, 4) is 5.75 Å². The minimum absolute atomic E-state index is 0.00327. The number of Topliss-reactive ketones (excluding diaryl/α,β-unsaturated/α-hetero) is 1. The van der Waals surface area contributed by atoms with Gasteiger partial charge in [-0.2, -0.15) is 0 Å². The lowest BCUT2D eigenvalue weighted by Crippen LogP contribution is -2.77. The maximum atomic E-state index is 15.8. The number of ketones is 1. The number of aliphatic hydroxyl groups excluding tert-OH is 1. The molecule has 4 aromatic rings. The van der Waals surface area contributed by atoms with Crippen LogP contribution >= 0.6 is 0 Å². The Morgan fingerprint density at radius 3 is 1.91 bits per heavy atom. The number of esters is 4. The van der Waals surface area contributed by atoms with Crippen molar-refractivity contribution >= 4 is 47.4 Å². The lowest BCUT2D eigenvalue weighted by molar-refractivity contribution is -0.384. The summed E-state index contributed by atoms with van der Waals surface area (Å²) in [6.07, 6.45) is -13.2. The SMILES string of the molecule is CO[C@@H]1C[C@H](O)[C@@]2(C)C(=O)C(OC(C)=O)C3=C(C)[C@@H](OC(=O)[C@H](OC(=O)Oc4ccc([N+](=O)[O-])cc4)[C@@H](NC(=O)c4ccccc4)c4ccccc4)C[C@@](O)([C@@H](OC(=O)c4ccccc4)C2[C@@]1(C)OC(C)=O)C3(C)C. The molecule has 7 rings (SSSR count). The highest BCUT2D eigenvalue weighted by Crippen LogP contribution is 2.63. The van der Waals surface area contributed by atoms with Crippen molar-refractivity contribution in [1.29, 1.82) is 0 Å². The maximum Gasteiger partial charge on any atom is 0.514 e. The number of hydrogen-bond donors (Lipinski definition) is 3. The molecule has 0 spiro atoms. The summed E-state index contributed by atoms with van der Waals surface area (Å²) < 4.78 is 41.9. The molecule has 2 saturated carbocycles. The molecule has 3 N–H and O–H groups in total. The van der Waals surface area contributed by atoms with Gasteiger partial charge in [-0.15, -0.1) is 0 Å². The van der Waals surface area contributed by atoms with Crippen molar-refractivity contribution in [2.75, 3.05) is 7.11 Å². The van der Waals surface area contributed by atoms with Crippen molar-refractivity contribution in [1.82, 2.24) is 5.32 Å². The number of methoxy groups -OCH3 is 1. The van der Waals surface area contributed by atoms with Crippen LogP contribution in [0.15, 0.2) is 126 Å². The molecule has 3 aliphatic carbocycles. The first-order valence-electron chi connectivity index (χ1n) is 23.9. The number of nitrogens with zero attached hydrogens (tertiary/aromatic N) is 1. The highest BCUT2D eigenvalue weighted by atomic mass is 16.7. The van der Waals surface area contributed by atoms with Crippen molar-refractivity contribution in [3.05, 3.63) is 153 Å². The Labute approximate surface area is 431 Å². The predicted octanol–water partition coefficient (Wildman–Crippen LogP) is 6.50. The van der Waals surface area contributed by atoms with Gasteiger partial charge in [-0.25, -0.2) is 14.4 Å². The van der Waals surface area contributed by atoms with E-state index < -0.39 is 124 Å². The van der Waals surface area contributed by atoms with Gasteiger partial charge in [0.1, 0.15) is 35.2 Å². The number of nitro benzene ring substituents is 1. The molecule has 20 heteroatoms. The van der Waals surface area contributed by atoms with E-state index in [0.717, 1.165) is 38.1 Å². The van der Waals surface area contributed by atoms with Crippen LogP contribution in [0.5, 0.6) is 5.75 Å². The summed E-state index contributed by atoms with van der Waals surface area (Å²) in [7, 11) is 1.28. The molecule has 3 aliphatic rings. The Balaban J connectivity index is 1.43. The number of nitro groups is 1. The highest BCUT2D eigenvalue weighted by molar-refractivity contribution is 5.96. The molecule has 11 atom stereocenters. The van der Waals surface area contributed by atoms with Crippen molar-refractivity contribution in [2.45, 2.75) is 115 Å². The van der Waals surface area contributed by atoms with Gasteiger partial charge >= 0.3 is 30.0 Å². The average Bonchev–Trinajstić information content (AvgIpc) is 3.37. The minimum atomic E-state index is -2.56. The van der Waals surface area contributed by atoms with Gasteiger partial charge in [0.25, 0.3) is 11.6 Å². The van der Waals surface area contributed by atoms with E-state index in [0.29, 0.717) is 0 Å². The number of ether oxygens (including phenoxy) is 7. The second-order valence-corrected chi connectivity index (χ2v) is 19.7. The van der Waals surface area contributed by atoms with Gasteiger partial charge in [-0.3, -0.25) is 29.3 Å². The van der Waals surface area contributed by atoms with E-state index in [1.54, 1.807) is 54.6 Å². The van der Waals surface area contributed by atoms with E-state index in [9.17, 15) is 44.3 Å². The molecule has 0 aromatic heterocycles. The molecule has 2 fully saturated rings. The molecule has 2 bridgehead atoms. The number of carbonyl (C=O) groups is 7. The number of benzene rings is 4. The van der Waals surface area contributed by atoms with Gasteiger partial charge in [-0.1, -0.05) is 80.6 Å². The largest absolute Gasteiger partial charge is 0.514 e. The van der Waals surface area contributed by atoms with Gasteiger partial charge in [0, 0.05) is 56.9 Å². The van der Waals surface area contributed by atoms with Crippen LogP contribution in [0.2, 0.25) is 0 Å². The molecule has 396 valence electrons. The average molecular weight is 1040 g/mol. The zero-order valence-electron chi connectivity index (χ0n) is 42.4. The van der Waals surface area contributed by atoms with E-state index in [1.165, 1.54) is 78.1 Å². The van der Waals surface area contributed by atoms with E-state index in [1.807, 2.05) is 0 Å². The Morgan fingerprint density at radius 2 is 1.36 bits per heavy atom. The number of rotatable bonds is 14. The fourth-order valence-corrected chi connectivity index (χ4v) is 11.1. The standard InChI is InChI=1S/C55H58N2O18/c1-30-38(72-50(64)44(73-51(65)71-37-26-24-36(25-27-37)57(67)68)42(33-18-12-9-13-19-33)56-48(62)34-20-14-10-15-21-34)29-55(66)47(74-49(63)35-22-16-11-17-23-35)45-53(6,39(60)28-40(69-8)54(45,7)75-32(3)59)46(61)43(70-31(2)58)41(30)52(55,4)5/h9-27,38-40,42-45,47,60,66H,28-29H2,1-8H3,(H,56,62)/t38-,39-,40+,42-,43?,44+,45?,47-,53+,54-,55+/m0/s1. The van der Waals surface area contributed by atoms with Gasteiger partial charge in [0.15, 0.2) is 11.9 Å². The van der Waals surface area contributed by atoms with Crippen molar-refractivity contribution in [3.63, 3.8) is 0 Å². The Kier molecular flexibility index (Phi) is 15.8. The fraction of sp³-hybridized carbons (Fsp3) is 0.400. The van der Waals surface area contributed by atoms with Crippen LogP contribution in [0.25, 0.3) is 0 Å². The van der Waals surface area contributed by atoms with Gasteiger partial charge in [-0.05, 0) is 73.9 Å². The summed E-state index contributed by atoms with van der Waals surface area (Å²) >= 11 is 0. The number of hydrogen-bond acceptors (Lipinski definition) is 18. The minimum Gasteiger partial charge on any atom is -0.456 e. The third kappa shape index (κ3) is 10.5. The summed E-state index contributed by atoms with van der Waals surface area (Å²) in [5.41, 5.74) is -8.63.